The number of nitrogens with zero attached hydrogens (tertiary/aromatic N) is 1. The van der Waals surface area contributed by atoms with E-state index in [0.29, 0.717) is 12.8 Å². The lowest BCUT2D eigenvalue weighted by atomic mass is 9.78. The van der Waals surface area contributed by atoms with Gasteiger partial charge in [-0.25, -0.2) is 0 Å². The molecule has 0 aromatic rings. The van der Waals surface area contributed by atoms with Crippen LogP contribution >= 0.6 is 0 Å². The molecule has 2 atom stereocenters. The van der Waals surface area contributed by atoms with Crippen molar-refractivity contribution in [1.82, 2.24) is 4.90 Å². The quantitative estimate of drug-likeness (QED) is 0.763. The maximum absolute atomic E-state index is 12.4. The summed E-state index contributed by atoms with van der Waals surface area (Å²) in [4.78, 5) is 36.1. The third kappa shape index (κ3) is 3.94. The van der Waals surface area contributed by atoms with E-state index >= 15 is 0 Å². The zero-order chi connectivity index (χ0) is 14.6. The van der Waals surface area contributed by atoms with Crippen LogP contribution in [0.5, 0.6) is 0 Å². The molecule has 1 rings (SSSR count). The lowest BCUT2D eigenvalue weighted by molar-refractivity contribution is -0.153. The molecule has 1 aliphatic rings. The number of hydrogen-bond donors (Lipinski definition) is 2. The number of carbonyl (C=O) groups is 3. The third-order valence-corrected chi connectivity index (χ3v) is 3.63. The highest BCUT2D eigenvalue weighted by molar-refractivity contribution is 5.88. The second-order valence-electron chi connectivity index (χ2n) is 5.36. The topological polar surface area (TPSA) is 101 Å². The van der Waals surface area contributed by atoms with Crippen molar-refractivity contribution in [2.24, 2.45) is 17.6 Å². The molecule has 6 nitrogen and oxygen atoms in total. The van der Waals surface area contributed by atoms with Gasteiger partial charge in [0.25, 0.3) is 0 Å². The van der Waals surface area contributed by atoms with Crippen LogP contribution in [0.1, 0.15) is 39.5 Å². The Labute approximate surface area is 112 Å². The maximum Gasteiger partial charge on any atom is 0.307 e. The first-order valence-electron chi connectivity index (χ1n) is 6.66. The highest BCUT2D eigenvalue weighted by Crippen LogP contribution is 2.32. The van der Waals surface area contributed by atoms with Crippen LogP contribution in [0.4, 0.5) is 0 Å². The zero-order valence-corrected chi connectivity index (χ0v) is 11.5. The van der Waals surface area contributed by atoms with Gasteiger partial charge in [-0.05, 0) is 26.7 Å². The molecule has 0 bridgehead atoms. The molecular weight excluding hydrogens is 248 g/mol. The summed E-state index contributed by atoms with van der Waals surface area (Å²) in [5.74, 6) is -2.95. The second kappa shape index (κ2) is 6.54. The Kier molecular flexibility index (Phi) is 5.32. The Balaban J connectivity index is 2.87. The van der Waals surface area contributed by atoms with Crippen LogP contribution in [0, 0.1) is 11.8 Å². The van der Waals surface area contributed by atoms with Gasteiger partial charge in [-0.1, -0.05) is 12.8 Å². The highest BCUT2D eigenvalue weighted by atomic mass is 16.4. The molecule has 0 saturated heterocycles. The number of carboxylic acids is 1. The minimum absolute atomic E-state index is 0.153. The van der Waals surface area contributed by atoms with E-state index in [4.69, 9.17) is 5.73 Å². The fourth-order valence-electron chi connectivity index (χ4n) is 2.62. The van der Waals surface area contributed by atoms with Crippen molar-refractivity contribution in [2.45, 2.75) is 45.6 Å². The van der Waals surface area contributed by atoms with E-state index in [2.05, 4.69) is 0 Å². The lowest BCUT2D eigenvalue weighted by Gasteiger charge is -2.34. The van der Waals surface area contributed by atoms with Crippen LogP contribution in [-0.4, -0.2) is 40.4 Å². The summed E-state index contributed by atoms with van der Waals surface area (Å²) in [7, 11) is 0. The molecule has 1 fully saturated rings. The normalized spacial score (nSPS) is 23.1. The molecule has 1 saturated carbocycles. The van der Waals surface area contributed by atoms with E-state index in [9.17, 15) is 19.5 Å². The molecule has 0 radical (unpaired) electrons. The summed E-state index contributed by atoms with van der Waals surface area (Å²) in [6.45, 7) is 3.43. The van der Waals surface area contributed by atoms with Crippen molar-refractivity contribution in [2.75, 3.05) is 6.54 Å². The van der Waals surface area contributed by atoms with Gasteiger partial charge in [-0.15, -0.1) is 0 Å². The van der Waals surface area contributed by atoms with E-state index in [-0.39, 0.29) is 18.5 Å². The molecule has 0 aliphatic heterocycles. The monoisotopic (exact) mass is 270 g/mol. The van der Waals surface area contributed by atoms with Gasteiger partial charge in [0.15, 0.2) is 0 Å². The Morgan fingerprint density at radius 1 is 1.21 bits per heavy atom. The molecule has 0 spiro atoms. The molecule has 2 unspecified atom stereocenters. The largest absolute Gasteiger partial charge is 0.481 e. The minimum Gasteiger partial charge on any atom is -0.481 e. The minimum atomic E-state index is -0.930. The number of aliphatic carboxylic acids is 1. The molecule has 108 valence electrons. The second-order valence-corrected chi connectivity index (χ2v) is 5.36. The Bertz CT molecular complexity index is 368. The fraction of sp³-hybridized carbons (Fsp3) is 0.769. The number of carboxylic acid groups (broad SMARTS) is 1. The summed E-state index contributed by atoms with van der Waals surface area (Å²) in [6.07, 6.45) is 2.77. The van der Waals surface area contributed by atoms with E-state index in [0.717, 1.165) is 12.8 Å². The SMILES string of the molecule is CC(C)N(CC(N)=O)C(=O)C1CCCCC1C(=O)O. The Morgan fingerprint density at radius 2 is 1.74 bits per heavy atom. The van der Waals surface area contributed by atoms with Crippen LogP contribution in [0.2, 0.25) is 0 Å². The van der Waals surface area contributed by atoms with Gasteiger partial charge < -0.3 is 15.7 Å². The maximum atomic E-state index is 12.4. The lowest BCUT2D eigenvalue weighted by Crippen LogP contribution is -2.48. The third-order valence-electron chi connectivity index (χ3n) is 3.63. The summed E-state index contributed by atoms with van der Waals surface area (Å²) in [5, 5.41) is 9.20. The van der Waals surface area contributed by atoms with Gasteiger partial charge in [0.05, 0.1) is 18.4 Å². The number of amides is 2. The molecule has 0 aromatic carbocycles. The first-order valence-corrected chi connectivity index (χ1v) is 6.66. The van der Waals surface area contributed by atoms with Gasteiger partial charge >= 0.3 is 5.97 Å². The van der Waals surface area contributed by atoms with Gasteiger partial charge in [-0.3, -0.25) is 14.4 Å². The van der Waals surface area contributed by atoms with Crippen molar-refractivity contribution in [1.29, 1.82) is 0 Å². The van der Waals surface area contributed by atoms with E-state index in [1.165, 1.54) is 4.90 Å². The van der Waals surface area contributed by atoms with Crippen LogP contribution in [-0.2, 0) is 14.4 Å². The van der Waals surface area contributed by atoms with Crippen LogP contribution in [0.15, 0.2) is 0 Å². The van der Waals surface area contributed by atoms with Crippen molar-refractivity contribution in [3.63, 3.8) is 0 Å². The number of carbonyl (C=O) groups excluding carboxylic acids is 2. The van der Waals surface area contributed by atoms with Crippen molar-refractivity contribution < 1.29 is 19.5 Å². The predicted molar refractivity (Wildman–Crippen MR) is 69.1 cm³/mol. The number of rotatable bonds is 5. The average molecular weight is 270 g/mol. The first kappa shape index (κ1) is 15.5. The molecule has 0 aromatic heterocycles. The van der Waals surface area contributed by atoms with Crippen molar-refractivity contribution in [3.05, 3.63) is 0 Å². The van der Waals surface area contributed by atoms with E-state index in [1.807, 2.05) is 0 Å². The molecule has 0 heterocycles. The smallest absolute Gasteiger partial charge is 0.307 e. The molecule has 19 heavy (non-hydrogen) atoms. The predicted octanol–water partition coefficient (Wildman–Crippen LogP) is 0.600. The molecular formula is C13H22N2O4. The standard InChI is InChI=1S/C13H22N2O4/c1-8(2)15(7-11(14)16)12(17)9-5-3-4-6-10(9)13(18)19/h8-10H,3-7H2,1-2H3,(H2,14,16)(H,18,19). The fourth-order valence-corrected chi connectivity index (χ4v) is 2.62. The summed E-state index contributed by atoms with van der Waals surface area (Å²) < 4.78 is 0. The van der Waals surface area contributed by atoms with Gasteiger partial charge in [0.1, 0.15) is 0 Å². The Hall–Kier alpha value is -1.59. The van der Waals surface area contributed by atoms with Crippen molar-refractivity contribution in [3.8, 4) is 0 Å². The van der Waals surface area contributed by atoms with Gasteiger partial charge in [0.2, 0.25) is 11.8 Å². The first-order chi connectivity index (χ1) is 8.84. The number of primary amides is 1. The summed E-state index contributed by atoms with van der Waals surface area (Å²) in [6, 6.07) is -0.170. The Morgan fingerprint density at radius 3 is 2.16 bits per heavy atom. The number of hydrogen-bond acceptors (Lipinski definition) is 3. The summed E-state index contributed by atoms with van der Waals surface area (Å²) in [5.41, 5.74) is 5.14. The van der Waals surface area contributed by atoms with Gasteiger partial charge in [-0.2, -0.15) is 0 Å². The summed E-state index contributed by atoms with van der Waals surface area (Å²) >= 11 is 0. The van der Waals surface area contributed by atoms with E-state index in [1.54, 1.807) is 13.8 Å². The molecule has 2 amide bonds. The zero-order valence-electron chi connectivity index (χ0n) is 11.5. The van der Waals surface area contributed by atoms with Crippen LogP contribution in [0.25, 0.3) is 0 Å². The molecule has 1 aliphatic carbocycles. The molecule has 6 heteroatoms. The average Bonchev–Trinajstić information content (AvgIpc) is 2.34. The molecule has 3 N–H and O–H groups in total. The van der Waals surface area contributed by atoms with Crippen molar-refractivity contribution >= 4 is 17.8 Å². The number of nitrogens with two attached hydrogens (primary N) is 1. The van der Waals surface area contributed by atoms with E-state index < -0.39 is 23.7 Å². The van der Waals surface area contributed by atoms with Crippen LogP contribution < -0.4 is 5.73 Å². The van der Waals surface area contributed by atoms with Gasteiger partial charge in [0, 0.05) is 6.04 Å². The van der Waals surface area contributed by atoms with Crippen LogP contribution in [0.3, 0.4) is 0 Å². The highest BCUT2D eigenvalue weighted by Gasteiger charge is 2.38.